The van der Waals surface area contributed by atoms with Gasteiger partial charge in [0, 0.05) is 24.2 Å². The maximum Gasteiger partial charge on any atom is 0.416 e. The van der Waals surface area contributed by atoms with Crippen LogP contribution in [0.25, 0.3) is 0 Å². The molecule has 0 aromatic heterocycles. The summed E-state index contributed by atoms with van der Waals surface area (Å²) in [6.07, 6.45) is -3.81. The quantitative estimate of drug-likeness (QED) is 0.727. The number of ether oxygens (including phenoxy) is 1. The topological polar surface area (TPSA) is 58.6 Å². The van der Waals surface area contributed by atoms with Crippen molar-refractivity contribution < 1.29 is 27.5 Å². The third-order valence-corrected chi connectivity index (χ3v) is 5.16. The van der Waals surface area contributed by atoms with Crippen molar-refractivity contribution in [3.8, 4) is 5.75 Å². The number of nitrogens with zero attached hydrogens (tertiary/aromatic N) is 1. The highest BCUT2D eigenvalue weighted by Crippen LogP contribution is 2.48. The lowest BCUT2D eigenvalue weighted by Crippen LogP contribution is -2.39. The minimum Gasteiger partial charge on any atom is -0.497 e. The molecule has 30 heavy (non-hydrogen) atoms. The molecular weight excluding hydrogens is 397 g/mol. The predicted molar refractivity (Wildman–Crippen MR) is 106 cm³/mol. The SMILES string of the molecule is CCN(CC(=O)Nc1cccc(OC)c1)C(=O)C1CC1c1ccc(C(F)(F)F)cc1. The fraction of sp³-hybridized carbons (Fsp3) is 0.364. The number of methoxy groups -OCH3 is 1. The molecular formula is C22H23F3N2O3. The van der Waals surface area contributed by atoms with Gasteiger partial charge in [-0.1, -0.05) is 18.2 Å². The molecule has 1 aliphatic rings. The Labute approximate surface area is 172 Å². The van der Waals surface area contributed by atoms with Gasteiger partial charge in [-0.3, -0.25) is 9.59 Å². The molecule has 1 aliphatic carbocycles. The average molecular weight is 420 g/mol. The van der Waals surface area contributed by atoms with Crippen LogP contribution < -0.4 is 10.1 Å². The smallest absolute Gasteiger partial charge is 0.416 e. The molecule has 160 valence electrons. The second kappa shape index (κ2) is 8.77. The van der Waals surface area contributed by atoms with Gasteiger partial charge in [0.05, 0.1) is 19.2 Å². The third kappa shape index (κ3) is 5.11. The van der Waals surface area contributed by atoms with Gasteiger partial charge in [0.15, 0.2) is 0 Å². The molecule has 1 fully saturated rings. The highest BCUT2D eigenvalue weighted by molar-refractivity contribution is 5.95. The Bertz CT molecular complexity index is 913. The van der Waals surface area contributed by atoms with Crippen LogP contribution in [0.15, 0.2) is 48.5 Å². The van der Waals surface area contributed by atoms with E-state index in [0.717, 1.165) is 12.1 Å². The van der Waals surface area contributed by atoms with Gasteiger partial charge in [0.2, 0.25) is 11.8 Å². The summed E-state index contributed by atoms with van der Waals surface area (Å²) < 4.78 is 43.2. The van der Waals surface area contributed by atoms with Gasteiger partial charge in [-0.25, -0.2) is 0 Å². The van der Waals surface area contributed by atoms with E-state index in [1.165, 1.54) is 24.1 Å². The minimum absolute atomic E-state index is 0.0945. The molecule has 0 spiro atoms. The summed E-state index contributed by atoms with van der Waals surface area (Å²) in [7, 11) is 1.53. The molecule has 3 rings (SSSR count). The normalized spacial score (nSPS) is 17.9. The van der Waals surface area contributed by atoms with Gasteiger partial charge in [-0.2, -0.15) is 13.2 Å². The second-order valence-electron chi connectivity index (χ2n) is 7.20. The summed E-state index contributed by atoms with van der Waals surface area (Å²) in [6, 6.07) is 11.8. The van der Waals surface area contributed by atoms with Crippen molar-refractivity contribution in [2.24, 2.45) is 5.92 Å². The lowest BCUT2D eigenvalue weighted by molar-refractivity contribution is -0.137. The molecule has 1 N–H and O–H groups in total. The predicted octanol–water partition coefficient (Wildman–Crippen LogP) is 4.30. The zero-order valence-corrected chi connectivity index (χ0v) is 16.7. The maximum absolute atomic E-state index is 12.8. The van der Waals surface area contributed by atoms with Gasteiger partial charge in [0.25, 0.3) is 0 Å². The van der Waals surface area contributed by atoms with Gasteiger partial charge < -0.3 is 15.0 Å². The lowest BCUT2D eigenvalue weighted by atomic mass is 10.1. The number of hydrogen-bond donors (Lipinski definition) is 1. The molecule has 0 aliphatic heterocycles. The van der Waals surface area contributed by atoms with Crippen LogP contribution in [0.1, 0.15) is 30.4 Å². The number of carbonyl (C=O) groups is 2. The van der Waals surface area contributed by atoms with E-state index in [9.17, 15) is 22.8 Å². The average Bonchev–Trinajstić information content (AvgIpc) is 3.52. The number of amides is 2. The van der Waals surface area contributed by atoms with E-state index in [0.29, 0.717) is 30.0 Å². The van der Waals surface area contributed by atoms with Crippen molar-refractivity contribution in [3.63, 3.8) is 0 Å². The number of hydrogen-bond acceptors (Lipinski definition) is 3. The Morgan fingerprint density at radius 2 is 1.87 bits per heavy atom. The third-order valence-electron chi connectivity index (χ3n) is 5.16. The molecule has 2 atom stereocenters. The van der Waals surface area contributed by atoms with Gasteiger partial charge in [-0.05, 0) is 49.1 Å². The molecule has 5 nitrogen and oxygen atoms in total. The van der Waals surface area contributed by atoms with Crippen molar-refractivity contribution in [2.75, 3.05) is 25.5 Å². The molecule has 2 unspecified atom stereocenters. The van der Waals surface area contributed by atoms with E-state index in [-0.39, 0.29) is 30.2 Å². The number of carbonyl (C=O) groups excluding carboxylic acids is 2. The highest BCUT2D eigenvalue weighted by atomic mass is 19.4. The first-order valence-electron chi connectivity index (χ1n) is 9.62. The van der Waals surface area contributed by atoms with Crippen LogP contribution in [0.4, 0.5) is 18.9 Å². The number of alkyl halides is 3. The second-order valence-corrected chi connectivity index (χ2v) is 7.20. The molecule has 0 radical (unpaired) electrons. The Morgan fingerprint density at radius 3 is 2.47 bits per heavy atom. The monoisotopic (exact) mass is 420 g/mol. The van der Waals surface area contributed by atoms with E-state index >= 15 is 0 Å². The zero-order chi connectivity index (χ0) is 21.9. The number of rotatable bonds is 7. The summed E-state index contributed by atoms with van der Waals surface area (Å²) in [6.45, 7) is 2.05. The number of nitrogens with one attached hydrogen (secondary N) is 1. The summed E-state index contributed by atoms with van der Waals surface area (Å²) in [4.78, 5) is 26.6. The van der Waals surface area contributed by atoms with Gasteiger partial charge in [-0.15, -0.1) is 0 Å². The first-order valence-corrected chi connectivity index (χ1v) is 9.62. The van der Waals surface area contributed by atoms with E-state index < -0.39 is 11.7 Å². The minimum atomic E-state index is -4.38. The number of likely N-dealkylation sites (N-methyl/N-ethyl adjacent to an activating group) is 1. The van der Waals surface area contributed by atoms with Gasteiger partial charge >= 0.3 is 6.18 Å². The van der Waals surface area contributed by atoms with Crippen molar-refractivity contribution in [3.05, 3.63) is 59.7 Å². The van der Waals surface area contributed by atoms with Gasteiger partial charge in [0.1, 0.15) is 5.75 Å². The first-order chi connectivity index (χ1) is 14.2. The number of halogens is 3. The summed E-state index contributed by atoms with van der Waals surface area (Å²) in [5.41, 5.74) is 0.564. The summed E-state index contributed by atoms with van der Waals surface area (Å²) >= 11 is 0. The van der Waals surface area contributed by atoms with E-state index in [1.807, 2.05) is 0 Å². The Balaban J connectivity index is 1.58. The van der Waals surface area contributed by atoms with Crippen LogP contribution in [-0.4, -0.2) is 36.9 Å². The molecule has 0 saturated heterocycles. The maximum atomic E-state index is 12.8. The number of benzene rings is 2. The zero-order valence-electron chi connectivity index (χ0n) is 16.7. The fourth-order valence-electron chi connectivity index (χ4n) is 3.41. The number of anilines is 1. The van der Waals surface area contributed by atoms with E-state index in [1.54, 1.807) is 31.2 Å². The largest absolute Gasteiger partial charge is 0.497 e. The molecule has 0 bridgehead atoms. The fourth-order valence-corrected chi connectivity index (χ4v) is 3.41. The van der Waals surface area contributed by atoms with E-state index in [2.05, 4.69) is 5.32 Å². The molecule has 1 saturated carbocycles. The van der Waals surface area contributed by atoms with Crippen LogP contribution in [0.2, 0.25) is 0 Å². The van der Waals surface area contributed by atoms with Crippen molar-refractivity contribution >= 4 is 17.5 Å². The van der Waals surface area contributed by atoms with Crippen LogP contribution >= 0.6 is 0 Å². The summed E-state index contributed by atoms with van der Waals surface area (Å²) in [5.74, 6) is -0.316. The molecule has 2 aromatic carbocycles. The molecule has 0 heterocycles. The van der Waals surface area contributed by atoms with Crippen LogP contribution in [0.3, 0.4) is 0 Å². The Hall–Kier alpha value is -3.03. The molecule has 8 heteroatoms. The van der Waals surface area contributed by atoms with Crippen LogP contribution in [0, 0.1) is 5.92 Å². The standard InChI is InChI=1S/C22H23F3N2O3/c1-3-27(13-20(28)26-16-5-4-6-17(11-16)30-2)21(29)19-12-18(19)14-7-9-15(10-8-14)22(23,24)25/h4-11,18-19H,3,12-13H2,1-2H3,(H,26,28). The molecule has 2 amide bonds. The molecule has 2 aromatic rings. The van der Waals surface area contributed by atoms with Crippen molar-refractivity contribution in [2.45, 2.75) is 25.4 Å². The van der Waals surface area contributed by atoms with Crippen LogP contribution in [-0.2, 0) is 15.8 Å². The Kier molecular flexibility index (Phi) is 6.34. The van der Waals surface area contributed by atoms with Crippen molar-refractivity contribution in [1.29, 1.82) is 0 Å². The highest BCUT2D eigenvalue weighted by Gasteiger charge is 2.46. The van der Waals surface area contributed by atoms with Crippen molar-refractivity contribution in [1.82, 2.24) is 4.90 Å². The Morgan fingerprint density at radius 1 is 1.17 bits per heavy atom. The summed E-state index contributed by atoms with van der Waals surface area (Å²) in [5, 5.41) is 2.74. The lowest BCUT2D eigenvalue weighted by Gasteiger charge is -2.20. The van der Waals surface area contributed by atoms with Crippen LogP contribution in [0.5, 0.6) is 5.75 Å². The first kappa shape index (κ1) is 21.7. The van der Waals surface area contributed by atoms with E-state index in [4.69, 9.17) is 4.74 Å².